The third-order valence-corrected chi connectivity index (χ3v) is 3.44. The molecule has 2 amide bonds. The largest absolute Gasteiger partial charge is 0.348 e. The van der Waals surface area contributed by atoms with Gasteiger partial charge < -0.3 is 5.32 Å². The van der Waals surface area contributed by atoms with E-state index in [1.165, 1.54) is 35.8 Å². The van der Waals surface area contributed by atoms with Crippen LogP contribution in [0.2, 0.25) is 0 Å². The molecule has 24 heavy (non-hydrogen) atoms. The number of hydroxylamine groups is 1. The van der Waals surface area contributed by atoms with E-state index in [2.05, 4.69) is 5.32 Å². The molecule has 0 aromatic heterocycles. The first kappa shape index (κ1) is 17.1. The number of nitro groups is 1. The summed E-state index contributed by atoms with van der Waals surface area (Å²) < 4.78 is 0. The molecule has 0 radical (unpaired) electrons. The second-order valence-electron chi connectivity index (χ2n) is 5.08. The third kappa shape index (κ3) is 3.93. The molecule has 2 aromatic rings. The molecule has 0 fully saturated rings. The monoisotopic (exact) mass is 329 g/mol. The first-order chi connectivity index (χ1) is 11.4. The van der Waals surface area contributed by atoms with Gasteiger partial charge in [0.1, 0.15) is 0 Å². The van der Waals surface area contributed by atoms with E-state index in [-0.39, 0.29) is 23.4 Å². The summed E-state index contributed by atoms with van der Waals surface area (Å²) in [6.07, 6.45) is 0. The quantitative estimate of drug-likeness (QED) is 0.440. The zero-order valence-corrected chi connectivity index (χ0v) is 12.8. The zero-order chi connectivity index (χ0) is 17.7. The molecule has 0 saturated carbocycles. The van der Waals surface area contributed by atoms with Crippen molar-refractivity contribution in [3.63, 3.8) is 0 Å². The summed E-state index contributed by atoms with van der Waals surface area (Å²) in [4.78, 5) is 33.7. The number of carbonyl (C=O) groups excluding carboxylic acids is 2. The summed E-state index contributed by atoms with van der Waals surface area (Å²) in [6, 6.07) is 10.5. The Balaban J connectivity index is 2.04. The Morgan fingerprint density at radius 1 is 1.08 bits per heavy atom. The minimum absolute atomic E-state index is 0.109. The summed E-state index contributed by atoms with van der Waals surface area (Å²) in [7, 11) is 0. The molecule has 0 saturated heterocycles. The van der Waals surface area contributed by atoms with E-state index in [0.29, 0.717) is 5.56 Å². The first-order valence-electron chi connectivity index (χ1n) is 6.99. The van der Waals surface area contributed by atoms with Gasteiger partial charge in [0, 0.05) is 29.3 Å². The maximum atomic E-state index is 12.1. The van der Waals surface area contributed by atoms with Crippen LogP contribution in [0, 0.1) is 17.0 Å². The average Bonchev–Trinajstić information content (AvgIpc) is 2.59. The van der Waals surface area contributed by atoms with Gasteiger partial charge in [-0.1, -0.05) is 18.2 Å². The van der Waals surface area contributed by atoms with E-state index in [0.717, 1.165) is 5.56 Å². The van der Waals surface area contributed by atoms with Gasteiger partial charge in [-0.2, -0.15) is 0 Å². The van der Waals surface area contributed by atoms with Gasteiger partial charge in [-0.25, -0.2) is 5.48 Å². The molecule has 124 valence electrons. The number of benzene rings is 2. The molecule has 0 heterocycles. The van der Waals surface area contributed by atoms with Gasteiger partial charge >= 0.3 is 0 Å². The van der Waals surface area contributed by atoms with Crippen molar-refractivity contribution in [1.29, 1.82) is 0 Å². The Hall–Kier alpha value is -3.26. The Bertz CT molecular complexity index is 787. The molecule has 8 nitrogen and oxygen atoms in total. The summed E-state index contributed by atoms with van der Waals surface area (Å²) in [6.45, 7) is 1.80. The van der Waals surface area contributed by atoms with Crippen molar-refractivity contribution >= 4 is 17.5 Å². The van der Waals surface area contributed by atoms with Crippen molar-refractivity contribution in [1.82, 2.24) is 10.8 Å². The lowest BCUT2D eigenvalue weighted by Crippen LogP contribution is -2.23. The highest BCUT2D eigenvalue weighted by atomic mass is 16.6. The van der Waals surface area contributed by atoms with Crippen LogP contribution < -0.4 is 10.8 Å². The first-order valence-corrected chi connectivity index (χ1v) is 6.99. The number of hydrogen-bond acceptors (Lipinski definition) is 5. The maximum absolute atomic E-state index is 12.1. The van der Waals surface area contributed by atoms with E-state index in [1.54, 1.807) is 19.1 Å². The van der Waals surface area contributed by atoms with Crippen LogP contribution in [0.25, 0.3) is 0 Å². The molecule has 2 aromatic carbocycles. The molecule has 2 rings (SSSR count). The lowest BCUT2D eigenvalue weighted by atomic mass is 10.1. The van der Waals surface area contributed by atoms with E-state index >= 15 is 0 Å². The van der Waals surface area contributed by atoms with Crippen LogP contribution in [0.5, 0.6) is 0 Å². The molecule has 0 spiro atoms. The fourth-order valence-electron chi connectivity index (χ4n) is 2.07. The number of nitro benzene ring substituents is 1. The van der Waals surface area contributed by atoms with Gasteiger partial charge in [0.05, 0.1) is 4.92 Å². The predicted octanol–water partition coefficient (Wildman–Crippen LogP) is 1.95. The Labute approximate surface area is 137 Å². The van der Waals surface area contributed by atoms with Crippen LogP contribution in [-0.4, -0.2) is 21.9 Å². The topological polar surface area (TPSA) is 122 Å². The van der Waals surface area contributed by atoms with Crippen LogP contribution in [-0.2, 0) is 6.54 Å². The van der Waals surface area contributed by atoms with E-state index < -0.39 is 16.7 Å². The molecule has 0 aliphatic carbocycles. The van der Waals surface area contributed by atoms with Crippen molar-refractivity contribution in [3.05, 3.63) is 74.8 Å². The molecule has 8 heteroatoms. The van der Waals surface area contributed by atoms with Crippen molar-refractivity contribution in [2.45, 2.75) is 13.5 Å². The summed E-state index contributed by atoms with van der Waals surface area (Å²) in [5.41, 5.74) is 3.11. The number of amides is 2. The lowest BCUT2D eigenvalue weighted by Gasteiger charge is -2.07. The minimum atomic E-state index is -0.627. The van der Waals surface area contributed by atoms with Crippen LogP contribution in [0.4, 0.5) is 5.69 Å². The van der Waals surface area contributed by atoms with Crippen LogP contribution in [0.1, 0.15) is 31.8 Å². The molecule has 0 atom stereocenters. The SMILES string of the molecule is Cc1ccc(C(=O)NCc2ccc(C(=O)NO)cc2)cc1[N+](=O)[O-]. The van der Waals surface area contributed by atoms with Gasteiger partial charge in [0.15, 0.2) is 0 Å². The number of aryl methyl sites for hydroxylation is 1. The summed E-state index contributed by atoms with van der Waals surface area (Å²) >= 11 is 0. The molecular formula is C16H15N3O5. The molecule has 0 bridgehead atoms. The van der Waals surface area contributed by atoms with Gasteiger partial charge in [0.2, 0.25) is 0 Å². The number of nitrogens with one attached hydrogen (secondary N) is 2. The normalized spacial score (nSPS) is 10.1. The van der Waals surface area contributed by atoms with E-state index in [4.69, 9.17) is 5.21 Å². The second-order valence-corrected chi connectivity index (χ2v) is 5.08. The maximum Gasteiger partial charge on any atom is 0.274 e. The minimum Gasteiger partial charge on any atom is -0.348 e. The van der Waals surface area contributed by atoms with Crippen LogP contribution in [0.3, 0.4) is 0 Å². The summed E-state index contributed by atoms with van der Waals surface area (Å²) in [5.74, 6) is -1.06. The number of carbonyl (C=O) groups is 2. The van der Waals surface area contributed by atoms with Crippen molar-refractivity contribution < 1.29 is 19.7 Å². The Morgan fingerprint density at radius 3 is 2.29 bits per heavy atom. The highest BCUT2D eigenvalue weighted by Gasteiger charge is 2.14. The Morgan fingerprint density at radius 2 is 1.71 bits per heavy atom. The van der Waals surface area contributed by atoms with Gasteiger partial charge in [-0.3, -0.25) is 24.9 Å². The fraction of sp³-hybridized carbons (Fsp3) is 0.125. The van der Waals surface area contributed by atoms with Gasteiger partial charge in [0.25, 0.3) is 17.5 Å². The van der Waals surface area contributed by atoms with Crippen LogP contribution in [0.15, 0.2) is 42.5 Å². The molecule has 0 aliphatic heterocycles. The number of rotatable bonds is 5. The third-order valence-electron chi connectivity index (χ3n) is 3.44. The van der Waals surface area contributed by atoms with Crippen molar-refractivity contribution in [3.8, 4) is 0 Å². The standard InChI is InChI=1S/C16H15N3O5/c1-10-2-5-13(8-14(10)19(23)24)15(20)17-9-11-3-6-12(7-4-11)16(21)18-22/h2-8,22H,9H2,1H3,(H,17,20)(H,18,21). The predicted molar refractivity (Wildman–Crippen MR) is 84.7 cm³/mol. The van der Waals surface area contributed by atoms with Crippen LogP contribution >= 0.6 is 0 Å². The number of hydrogen-bond donors (Lipinski definition) is 3. The van der Waals surface area contributed by atoms with Crippen molar-refractivity contribution in [2.24, 2.45) is 0 Å². The van der Waals surface area contributed by atoms with E-state index in [9.17, 15) is 19.7 Å². The van der Waals surface area contributed by atoms with Gasteiger partial charge in [-0.05, 0) is 30.7 Å². The smallest absolute Gasteiger partial charge is 0.274 e. The lowest BCUT2D eigenvalue weighted by molar-refractivity contribution is -0.385. The molecular weight excluding hydrogens is 314 g/mol. The summed E-state index contributed by atoms with van der Waals surface area (Å²) in [5, 5.41) is 22.1. The van der Waals surface area contributed by atoms with Gasteiger partial charge in [-0.15, -0.1) is 0 Å². The molecule has 0 unspecified atom stereocenters. The van der Waals surface area contributed by atoms with E-state index in [1.807, 2.05) is 0 Å². The highest BCUT2D eigenvalue weighted by molar-refractivity contribution is 5.95. The second kappa shape index (κ2) is 7.34. The number of nitrogens with zero attached hydrogens (tertiary/aromatic N) is 1. The fourth-order valence-corrected chi connectivity index (χ4v) is 2.07. The Kier molecular flexibility index (Phi) is 5.23. The average molecular weight is 329 g/mol. The molecule has 3 N–H and O–H groups in total. The molecule has 0 aliphatic rings. The zero-order valence-electron chi connectivity index (χ0n) is 12.8. The highest BCUT2D eigenvalue weighted by Crippen LogP contribution is 2.19. The van der Waals surface area contributed by atoms with Crippen molar-refractivity contribution in [2.75, 3.05) is 0 Å².